The molecule has 7 nitrogen and oxygen atoms in total. The van der Waals surface area contributed by atoms with E-state index in [0.717, 1.165) is 23.9 Å². The summed E-state index contributed by atoms with van der Waals surface area (Å²) in [5, 5.41) is 16.8. The van der Waals surface area contributed by atoms with Crippen molar-refractivity contribution in [2.24, 2.45) is 7.05 Å². The molecule has 1 atom stereocenters. The monoisotopic (exact) mass is 304 g/mol. The number of rotatable bonds is 6. The first-order valence-electron chi connectivity index (χ1n) is 7.27. The van der Waals surface area contributed by atoms with Crippen molar-refractivity contribution in [3.63, 3.8) is 0 Å². The molecule has 22 heavy (non-hydrogen) atoms. The van der Waals surface area contributed by atoms with Crippen molar-refractivity contribution in [1.82, 2.24) is 20.1 Å². The minimum Gasteiger partial charge on any atom is -0.480 e. The predicted octanol–water partition coefficient (Wildman–Crippen LogP) is 1.65. The Morgan fingerprint density at radius 2 is 2.18 bits per heavy atom. The third kappa shape index (κ3) is 3.24. The van der Waals surface area contributed by atoms with Crippen LogP contribution in [-0.4, -0.2) is 37.8 Å². The van der Waals surface area contributed by atoms with E-state index in [9.17, 15) is 14.7 Å². The molecular formula is C15H20N4O3. The highest BCUT2D eigenvalue weighted by atomic mass is 16.4. The fraction of sp³-hybridized carbons (Fsp3) is 0.467. The number of aliphatic carboxylic acids is 1. The van der Waals surface area contributed by atoms with Gasteiger partial charge >= 0.3 is 5.97 Å². The molecule has 2 aromatic heterocycles. The van der Waals surface area contributed by atoms with E-state index in [4.69, 9.17) is 0 Å². The molecule has 0 aliphatic carbocycles. The van der Waals surface area contributed by atoms with E-state index < -0.39 is 17.9 Å². The van der Waals surface area contributed by atoms with Gasteiger partial charge in [-0.15, -0.1) is 0 Å². The first-order valence-corrected chi connectivity index (χ1v) is 7.27. The van der Waals surface area contributed by atoms with E-state index in [-0.39, 0.29) is 0 Å². The molecule has 1 amide bonds. The third-order valence-electron chi connectivity index (χ3n) is 3.57. The van der Waals surface area contributed by atoms with Crippen LogP contribution in [0.1, 0.15) is 42.2 Å². The second-order valence-electron chi connectivity index (χ2n) is 5.31. The number of carbonyl (C=O) groups excluding carboxylic acids is 1. The Bertz CT molecular complexity index is 708. The van der Waals surface area contributed by atoms with E-state index in [0.29, 0.717) is 17.6 Å². The van der Waals surface area contributed by atoms with Gasteiger partial charge in [-0.05, 0) is 19.4 Å². The Kier molecular flexibility index (Phi) is 4.75. The number of aromatic nitrogens is 3. The molecule has 2 heterocycles. The minimum absolute atomic E-state index is 0.339. The van der Waals surface area contributed by atoms with Crippen molar-refractivity contribution in [2.45, 2.75) is 39.2 Å². The lowest BCUT2D eigenvalue weighted by atomic mass is 10.1. The van der Waals surface area contributed by atoms with Crippen LogP contribution >= 0.6 is 0 Å². The Balaban J connectivity index is 2.21. The quantitative estimate of drug-likeness (QED) is 0.845. The normalized spacial score (nSPS) is 12.3. The van der Waals surface area contributed by atoms with Gasteiger partial charge in [-0.2, -0.15) is 5.10 Å². The number of pyridine rings is 1. The number of amides is 1. The van der Waals surface area contributed by atoms with Crippen LogP contribution < -0.4 is 5.32 Å². The summed E-state index contributed by atoms with van der Waals surface area (Å²) in [6.45, 7) is 3.82. The summed E-state index contributed by atoms with van der Waals surface area (Å²) in [6.07, 6.45) is 3.48. The number of nitrogens with zero attached hydrogens (tertiary/aromatic N) is 3. The van der Waals surface area contributed by atoms with Crippen molar-refractivity contribution in [3.8, 4) is 0 Å². The van der Waals surface area contributed by atoms with Crippen molar-refractivity contribution >= 4 is 22.9 Å². The SMILES string of the molecule is CCCC[C@H](NC(=O)c1cnc2c(c1)c(C)nn2C)C(=O)O. The highest BCUT2D eigenvalue weighted by Gasteiger charge is 2.20. The zero-order valence-electron chi connectivity index (χ0n) is 13.0. The zero-order valence-corrected chi connectivity index (χ0v) is 13.0. The molecular weight excluding hydrogens is 284 g/mol. The molecule has 7 heteroatoms. The lowest BCUT2D eigenvalue weighted by Crippen LogP contribution is -2.40. The van der Waals surface area contributed by atoms with Gasteiger partial charge in [-0.25, -0.2) is 9.78 Å². The van der Waals surface area contributed by atoms with Crippen LogP contribution in [-0.2, 0) is 11.8 Å². The van der Waals surface area contributed by atoms with Crippen LogP contribution in [0.25, 0.3) is 11.0 Å². The molecule has 0 bridgehead atoms. The van der Waals surface area contributed by atoms with Crippen molar-refractivity contribution in [1.29, 1.82) is 0 Å². The summed E-state index contributed by atoms with van der Waals surface area (Å²) in [5.74, 6) is -1.45. The van der Waals surface area contributed by atoms with E-state index in [1.807, 2.05) is 13.8 Å². The maximum absolute atomic E-state index is 12.2. The minimum atomic E-state index is -1.02. The molecule has 0 aromatic carbocycles. The molecule has 0 unspecified atom stereocenters. The van der Waals surface area contributed by atoms with Gasteiger partial charge in [0, 0.05) is 18.6 Å². The Morgan fingerprint density at radius 1 is 1.45 bits per heavy atom. The highest BCUT2D eigenvalue weighted by molar-refractivity contribution is 5.99. The van der Waals surface area contributed by atoms with Gasteiger partial charge in [0.25, 0.3) is 5.91 Å². The van der Waals surface area contributed by atoms with Crippen molar-refractivity contribution < 1.29 is 14.7 Å². The van der Waals surface area contributed by atoms with Crippen LogP contribution in [0.4, 0.5) is 0 Å². The Hall–Kier alpha value is -2.44. The number of hydrogen-bond donors (Lipinski definition) is 2. The van der Waals surface area contributed by atoms with Gasteiger partial charge in [0.05, 0.1) is 11.3 Å². The fourth-order valence-electron chi connectivity index (χ4n) is 2.34. The number of unbranched alkanes of at least 4 members (excludes halogenated alkanes) is 1. The second kappa shape index (κ2) is 6.55. The maximum atomic E-state index is 12.2. The average Bonchev–Trinajstić information content (AvgIpc) is 2.77. The molecule has 0 aliphatic heterocycles. The number of nitrogens with one attached hydrogen (secondary N) is 1. The lowest BCUT2D eigenvalue weighted by molar-refractivity contribution is -0.139. The molecule has 118 valence electrons. The molecule has 0 saturated heterocycles. The summed E-state index contributed by atoms with van der Waals surface area (Å²) >= 11 is 0. The standard InChI is InChI=1S/C15H20N4O3/c1-4-5-6-12(15(21)22)17-14(20)10-7-11-9(2)18-19(3)13(11)16-8-10/h7-8,12H,4-6H2,1-3H3,(H,17,20)(H,21,22)/t12-/m0/s1. The molecule has 2 rings (SSSR count). The summed E-state index contributed by atoms with van der Waals surface area (Å²) in [4.78, 5) is 27.7. The molecule has 0 saturated carbocycles. The van der Waals surface area contributed by atoms with Gasteiger partial charge < -0.3 is 10.4 Å². The summed E-state index contributed by atoms with van der Waals surface area (Å²) in [6, 6.07) is 0.816. The first kappa shape index (κ1) is 15.9. The predicted molar refractivity (Wildman–Crippen MR) is 81.7 cm³/mol. The van der Waals surface area contributed by atoms with Gasteiger partial charge in [-0.3, -0.25) is 9.48 Å². The third-order valence-corrected chi connectivity index (χ3v) is 3.57. The number of carbonyl (C=O) groups is 2. The maximum Gasteiger partial charge on any atom is 0.326 e. The number of carboxylic acids is 1. The summed E-state index contributed by atoms with van der Waals surface area (Å²) < 4.78 is 1.65. The Morgan fingerprint density at radius 3 is 2.82 bits per heavy atom. The fourth-order valence-corrected chi connectivity index (χ4v) is 2.34. The van der Waals surface area contributed by atoms with Crippen LogP contribution in [0, 0.1) is 6.92 Å². The summed E-state index contributed by atoms with van der Waals surface area (Å²) in [7, 11) is 1.79. The number of hydrogen-bond acceptors (Lipinski definition) is 4. The number of fused-ring (bicyclic) bond motifs is 1. The van der Waals surface area contributed by atoms with Crippen molar-refractivity contribution in [2.75, 3.05) is 0 Å². The highest BCUT2D eigenvalue weighted by Crippen LogP contribution is 2.16. The molecule has 0 fully saturated rings. The molecule has 0 aliphatic rings. The van der Waals surface area contributed by atoms with Gasteiger partial charge in [0.2, 0.25) is 0 Å². The smallest absolute Gasteiger partial charge is 0.326 e. The largest absolute Gasteiger partial charge is 0.480 e. The van der Waals surface area contributed by atoms with E-state index in [2.05, 4.69) is 15.4 Å². The number of carboxylic acid groups (broad SMARTS) is 1. The molecule has 0 spiro atoms. The lowest BCUT2D eigenvalue weighted by Gasteiger charge is -2.14. The average molecular weight is 304 g/mol. The van der Waals surface area contributed by atoms with Crippen LogP contribution in [0.15, 0.2) is 12.3 Å². The number of aryl methyl sites for hydroxylation is 2. The molecule has 2 aromatic rings. The van der Waals surface area contributed by atoms with Crippen LogP contribution in [0.3, 0.4) is 0 Å². The first-order chi connectivity index (χ1) is 10.4. The molecule has 2 N–H and O–H groups in total. The second-order valence-corrected chi connectivity index (χ2v) is 5.31. The Labute approximate surface area is 128 Å². The van der Waals surface area contributed by atoms with Crippen molar-refractivity contribution in [3.05, 3.63) is 23.5 Å². The van der Waals surface area contributed by atoms with Crippen LogP contribution in [0.2, 0.25) is 0 Å². The summed E-state index contributed by atoms with van der Waals surface area (Å²) in [5.41, 5.74) is 1.81. The topological polar surface area (TPSA) is 97.1 Å². The zero-order chi connectivity index (χ0) is 16.3. The van der Waals surface area contributed by atoms with Gasteiger partial charge in [0.15, 0.2) is 5.65 Å². The van der Waals surface area contributed by atoms with Gasteiger partial charge in [-0.1, -0.05) is 19.8 Å². The molecule has 0 radical (unpaired) electrons. The van der Waals surface area contributed by atoms with Gasteiger partial charge in [0.1, 0.15) is 6.04 Å². The van der Waals surface area contributed by atoms with E-state index in [1.54, 1.807) is 17.8 Å². The van der Waals surface area contributed by atoms with Crippen LogP contribution in [0.5, 0.6) is 0 Å². The van der Waals surface area contributed by atoms with E-state index >= 15 is 0 Å². The van der Waals surface area contributed by atoms with E-state index in [1.165, 1.54) is 6.20 Å².